The molecule has 8 heteroatoms. The predicted octanol–water partition coefficient (Wildman–Crippen LogP) is 4.50. The summed E-state index contributed by atoms with van der Waals surface area (Å²) in [5.74, 6) is -0.269. The Morgan fingerprint density at radius 2 is 1.93 bits per heavy atom. The Bertz CT molecular complexity index is 797. The van der Waals surface area contributed by atoms with Crippen molar-refractivity contribution in [3.05, 3.63) is 59.2 Å². The highest BCUT2D eigenvalue weighted by atomic mass is 19.4. The number of benzene rings is 1. The molecule has 1 unspecified atom stereocenters. The molecule has 1 aliphatic heterocycles. The van der Waals surface area contributed by atoms with Crippen molar-refractivity contribution in [3.8, 4) is 0 Å². The molecular formula is C21H25F4N3O. The van der Waals surface area contributed by atoms with Gasteiger partial charge >= 0.3 is 6.18 Å². The van der Waals surface area contributed by atoms with Gasteiger partial charge in [0.15, 0.2) is 0 Å². The standard InChI is InChI=1S/C21H25F4N3O/c1-2-29-15-20(9-7-16-3-5-17(22)6-4-16)10-12-28(14-20)13-19-18(21(23,24)25)8-11-26-27-19/h3-6,8,11H,2,7,9-10,12-15H2,1H3. The number of alkyl halides is 3. The number of halogens is 4. The SMILES string of the molecule is CCOCC1(CCc2ccc(F)cc2)CCN(Cc2nnccc2C(F)(F)F)C1. The minimum atomic E-state index is -4.45. The number of likely N-dealkylation sites (tertiary alicyclic amines) is 1. The van der Waals surface area contributed by atoms with Gasteiger partial charge < -0.3 is 4.74 Å². The maximum Gasteiger partial charge on any atom is 0.418 e. The Balaban J connectivity index is 1.69. The first kappa shape index (κ1) is 21.6. The number of aromatic nitrogens is 2. The molecule has 0 bridgehead atoms. The summed E-state index contributed by atoms with van der Waals surface area (Å²) >= 11 is 0. The van der Waals surface area contributed by atoms with Gasteiger partial charge in [-0.1, -0.05) is 12.1 Å². The quantitative estimate of drug-likeness (QED) is 0.600. The highest BCUT2D eigenvalue weighted by Crippen LogP contribution is 2.37. The molecule has 1 atom stereocenters. The van der Waals surface area contributed by atoms with Gasteiger partial charge in [-0.05, 0) is 56.5 Å². The minimum Gasteiger partial charge on any atom is -0.381 e. The van der Waals surface area contributed by atoms with Crippen LogP contribution in [-0.2, 0) is 23.9 Å². The van der Waals surface area contributed by atoms with Crippen molar-refractivity contribution in [3.63, 3.8) is 0 Å². The molecule has 1 aromatic heterocycles. The van der Waals surface area contributed by atoms with Gasteiger partial charge in [0.2, 0.25) is 0 Å². The lowest BCUT2D eigenvalue weighted by molar-refractivity contribution is -0.138. The summed E-state index contributed by atoms with van der Waals surface area (Å²) < 4.78 is 58.6. The van der Waals surface area contributed by atoms with Crippen LogP contribution in [0.2, 0.25) is 0 Å². The van der Waals surface area contributed by atoms with Crippen molar-refractivity contribution in [2.45, 2.75) is 38.9 Å². The van der Waals surface area contributed by atoms with E-state index in [1.54, 1.807) is 12.1 Å². The van der Waals surface area contributed by atoms with Crippen LogP contribution >= 0.6 is 0 Å². The smallest absolute Gasteiger partial charge is 0.381 e. The molecule has 1 saturated heterocycles. The van der Waals surface area contributed by atoms with Crippen LogP contribution in [0, 0.1) is 11.2 Å². The van der Waals surface area contributed by atoms with Gasteiger partial charge in [0.25, 0.3) is 0 Å². The highest BCUT2D eigenvalue weighted by molar-refractivity contribution is 5.21. The molecule has 1 aromatic carbocycles. The average molecular weight is 411 g/mol. The lowest BCUT2D eigenvalue weighted by Crippen LogP contribution is -2.32. The first-order chi connectivity index (χ1) is 13.8. The van der Waals surface area contributed by atoms with Crippen LogP contribution in [0.5, 0.6) is 0 Å². The summed E-state index contributed by atoms with van der Waals surface area (Å²) in [5, 5.41) is 7.38. The van der Waals surface area contributed by atoms with E-state index in [-0.39, 0.29) is 23.5 Å². The van der Waals surface area contributed by atoms with Gasteiger partial charge in [-0.15, -0.1) is 0 Å². The van der Waals surface area contributed by atoms with E-state index in [4.69, 9.17) is 4.74 Å². The molecule has 2 heterocycles. The summed E-state index contributed by atoms with van der Waals surface area (Å²) in [5.41, 5.74) is 0.103. The first-order valence-corrected chi connectivity index (χ1v) is 9.74. The number of ether oxygens (including phenoxy) is 1. The van der Waals surface area contributed by atoms with Gasteiger partial charge in [-0.3, -0.25) is 4.90 Å². The molecule has 1 aliphatic rings. The lowest BCUT2D eigenvalue weighted by atomic mass is 9.82. The van der Waals surface area contributed by atoms with E-state index in [0.29, 0.717) is 26.3 Å². The first-order valence-electron chi connectivity index (χ1n) is 9.74. The molecule has 2 aromatic rings. The predicted molar refractivity (Wildman–Crippen MR) is 101 cm³/mol. The molecule has 4 nitrogen and oxygen atoms in total. The third kappa shape index (κ3) is 5.73. The zero-order valence-electron chi connectivity index (χ0n) is 16.4. The largest absolute Gasteiger partial charge is 0.418 e. The normalized spacial score (nSPS) is 20.3. The van der Waals surface area contributed by atoms with Crippen LogP contribution < -0.4 is 0 Å². The van der Waals surface area contributed by atoms with Crippen LogP contribution in [0.3, 0.4) is 0 Å². The average Bonchev–Trinajstić information content (AvgIpc) is 3.09. The fourth-order valence-electron chi connectivity index (χ4n) is 3.88. The number of aryl methyl sites for hydroxylation is 1. The summed E-state index contributed by atoms with van der Waals surface area (Å²) in [7, 11) is 0. The number of nitrogens with zero attached hydrogens (tertiary/aromatic N) is 3. The molecule has 29 heavy (non-hydrogen) atoms. The van der Waals surface area contributed by atoms with Crippen molar-refractivity contribution in [1.29, 1.82) is 0 Å². The fourth-order valence-corrected chi connectivity index (χ4v) is 3.88. The summed E-state index contributed by atoms with van der Waals surface area (Å²) in [6, 6.07) is 7.40. The van der Waals surface area contributed by atoms with E-state index in [0.717, 1.165) is 37.1 Å². The second-order valence-corrected chi connectivity index (χ2v) is 7.61. The van der Waals surface area contributed by atoms with Crippen molar-refractivity contribution in [2.24, 2.45) is 5.41 Å². The van der Waals surface area contributed by atoms with Crippen molar-refractivity contribution < 1.29 is 22.3 Å². The van der Waals surface area contributed by atoms with Crippen LogP contribution in [0.15, 0.2) is 36.5 Å². The van der Waals surface area contributed by atoms with Crippen molar-refractivity contribution in [1.82, 2.24) is 15.1 Å². The van der Waals surface area contributed by atoms with Gasteiger partial charge in [0.1, 0.15) is 5.82 Å². The summed E-state index contributed by atoms with van der Waals surface area (Å²) in [6.45, 7) is 4.46. The van der Waals surface area contributed by atoms with E-state index < -0.39 is 11.7 Å². The fraction of sp³-hybridized carbons (Fsp3) is 0.524. The Kier molecular flexibility index (Phi) is 6.85. The number of rotatable bonds is 8. The molecule has 0 spiro atoms. The zero-order chi connectivity index (χ0) is 20.9. The van der Waals surface area contributed by atoms with Crippen LogP contribution in [0.1, 0.15) is 36.6 Å². The number of hydrogen-bond donors (Lipinski definition) is 0. The molecule has 3 rings (SSSR count). The van der Waals surface area contributed by atoms with E-state index in [1.807, 2.05) is 11.8 Å². The van der Waals surface area contributed by atoms with Gasteiger partial charge in [0.05, 0.1) is 24.1 Å². The van der Waals surface area contributed by atoms with E-state index >= 15 is 0 Å². The van der Waals surface area contributed by atoms with Crippen LogP contribution in [-0.4, -0.2) is 41.4 Å². The van der Waals surface area contributed by atoms with Crippen LogP contribution in [0.4, 0.5) is 17.6 Å². The molecule has 0 radical (unpaired) electrons. The lowest BCUT2D eigenvalue weighted by Gasteiger charge is -2.29. The van der Waals surface area contributed by atoms with E-state index in [2.05, 4.69) is 10.2 Å². The second-order valence-electron chi connectivity index (χ2n) is 7.61. The molecule has 0 saturated carbocycles. The van der Waals surface area contributed by atoms with E-state index in [1.165, 1.54) is 12.1 Å². The van der Waals surface area contributed by atoms with Gasteiger partial charge in [-0.2, -0.15) is 23.4 Å². The maximum absolute atomic E-state index is 13.2. The molecule has 0 N–H and O–H groups in total. The molecule has 1 fully saturated rings. The second kappa shape index (κ2) is 9.17. The summed E-state index contributed by atoms with van der Waals surface area (Å²) in [6.07, 6.45) is -0.966. The molecular weight excluding hydrogens is 386 g/mol. The molecule has 0 aliphatic carbocycles. The third-order valence-electron chi connectivity index (χ3n) is 5.46. The van der Waals surface area contributed by atoms with Gasteiger partial charge in [-0.25, -0.2) is 4.39 Å². The topological polar surface area (TPSA) is 38.2 Å². The van der Waals surface area contributed by atoms with Crippen molar-refractivity contribution in [2.75, 3.05) is 26.3 Å². The monoisotopic (exact) mass is 411 g/mol. The Morgan fingerprint density at radius 3 is 2.62 bits per heavy atom. The Morgan fingerprint density at radius 1 is 1.17 bits per heavy atom. The zero-order valence-corrected chi connectivity index (χ0v) is 16.4. The summed E-state index contributed by atoms with van der Waals surface area (Å²) in [4.78, 5) is 1.99. The number of hydrogen-bond acceptors (Lipinski definition) is 4. The Labute approximate surface area is 167 Å². The van der Waals surface area contributed by atoms with Gasteiger partial charge in [0, 0.05) is 25.1 Å². The molecule has 158 valence electrons. The third-order valence-corrected chi connectivity index (χ3v) is 5.46. The van der Waals surface area contributed by atoms with Crippen molar-refractivity contribution >= 4 is 0 Å². The van der Waals surface area contributed by atoms with E-state index in [9.17, 15) is 17.6 Å². The highest BCUT2D eigenvalue weighted by Gasteiger charge is 2.40. The molecule has 0 amide bonds. The Hall–Kier alpha value is -2.06. The van der Waals surface area contributed by atoms with Crippen LogP contribution in [0.25, 0.3) is 0 Å². The maximum atomic E-state index is 13.2. The minimum absolute atomic E-state index is 0.0502.